The fourth-order valence-electron chi connectivity index (χ4n) is 1.65. The van der Waals surface area contributed by atoms with Crippen molar-refractivity contribution in [3.63, 3.8) is 0 Å². The van der Waals surface area contributed by atoms with Crippen LogP contribution in [-0.4, -0.2) is 11.6 Å². The molecule has 1 aromatic rings. The summed E-state index contributed by atoms with van der Waals surface area (Å²) in [6.07, 6.45) is 0.0686. The van der Waals surface area contributed by atoms with Gasteiger partial charge in [0.15, 0.2) is 11.6 Å². The van der Waals surface area contributed by atoms with Gasteiger partial charge in [-0.1, -0.05) is 23.7 Å². The third-order valence-corrected chi connectivity index (χ3v) is 3.11. The molecule has 1 saturated carbocycles. The van der Waals surface area contributed by atoms with Crippen LogP contribution < -0.4 is 0 Å². The number of hydrogen-bond acceptors (Lipinski definition) is 2. The predicted molar refractivity (Wildman–Crippen MR) is 53.4 cm³/mol. The molecule has 1 aromatic carbocycles. The van der Waals surface area contributed by atoms with Crippen molar-refractivity contribution in [3.8, 4) is 0 Å². The van der Waals surface area contributed by atoms with Gasteiger partial charge in [-0.2, -0.15) is 0 Å². The zero-order valence-electron chi connectivity index (χ0n) is 7.71. The van der Waals surface area contributed by atoms with Gasteiger partial charge in [-0.3, -0.25) is 9.59 Å². The Morgan fingerprint density at radius 2 is 1.64 bits per heavy atom. The lowest BCUT2D eigenvalue weighted by molar-refractivity contribution is -0.145. The minimum atomic E-state index is -0.912. The number of carbonyl (C=O) groups is 2. The van der Waals surface area contributed by atoms with Crippen LogP contribution in [0.2, 0.25) is 5.02 Å². The Morgan fingerprint density at radius 3 is 2.07 bits per heavy atom. The van der Waals surface area contributed by atoms with E-state index in [1.54, 1.807) is 31.2 Å². The van der Waals surface area contributed by atoms with Crippen LogP contribution in [0.15, 0.2) is 24.3 Å². The van der Waals surface area contributed by atoms with E-state index in [2.05, 4.69) is 0 Å². The molecule has 2 nitrogen and oxygen atoms in total. The molecule has 2 rings (SSSR count). The highest BCUT2D eigenvalue weighted by Gasteiger charge is 2.51. The predicted octanol–water partition coefficient (Wildman–Crippen LogP) is 2.14. The normalized spacial score (nSPS) is 19.3. The first-order valence-electron chi connectivity index (χ1n) is 4.38. The van der Waals surface area contributed by atoms with Gasteiger partial charge in [0.2, 0.25) is 0 Å². The van der Waals surface area contributed by atoms with Crippen molar-refractivity contribution in [3.05, 3.63) is 34.9 Å². The molecule has 0 spiro atoms. The molecule has 14 heavy (non-hydrogen) atoms. The van der Waals surface area contributed by atoms with Gasteiger partial charge in [-0.15, -0.1) is 0 Å². The molecule has 0 bridgehead atoms. The first-order valence-corrected chi connectivity index (χ1v) is 4.75. The monoisotopic (exact) mass is 208 g/mol. The number of benzene rings is 1. The Hall–Kier alpha value is -1.15. The van der Waals surface area contributed by atoms with Crippen LogP contribution in [0.4, 0.5) is 0 Å². The third-order valence-electron chi connectivity index (χ3n) is 2.86. The van der Waals surface area contributed by atoms with E-state index in [0.717, 1.165) is 5.56 Å². The Morgan fingerprint density at radius 1 is 1.14 bits per heavy atom. The van der Waals surface area contributed by atoms with Crippen molar-refractivity contribution >= 4 is 23.2 Å². The van der Waals surface area contributed by atoms with Crippen molar-refractivity contribution in [2.24, 2.45) is 0 Å². The van der Waals surface area contributed by atoms with E-state index in [1.807, 2.05) is 0 Å². The summed E-state index contributed by atoms with van der Waals surface area (Å²) in [4.78, 5) is 22.8. The minimum Gasteiger partial charge on any atom is -0.298 e. The molecule has 0 unspecified atom stereocenters. The lowest BCUT2D eigenvalue weighted by atomic mass is 9.64. The van der Waals surface area contributed by atoms with Crippen LogP contribution in [0.5, 0.6) is 0 Å². The highest BCUT2D eigenvalue weighted by atomic mass is 35.5. The molecule has 0 N–H and O–H groups in total. The van der Waals surface area contributed by atoms with E-state index in [-0.39, 0.29) is 18.0 Å². The maximum absolute atomic E-state index is 11.4. The molecule has 1 aliphatic carbocycles. The molecule has 1 aliphatic rings. The van der Waals surface area contributed by atoms with Gasteiger partial charge in [0, 0.05) is 5.02 Å². The number of carbonyl (C=O) groups excluding carboxylic acids is 2. The maximum atomic E-state index is 11.4. The Kier molecular flexibility index (Phi) is 1.96. The van der Waals surface area contributed by atoms with Gasteiger partial charge in [-0.05, 0) is 24.6 Å². The van der Waals surface area contributed by atoms with E-state index in [4.69, 9.17) is 11.6 Å². The van der Waals surface area contributed by atoms with Crippen LogP contribution >= 0.6 is 11.6 Å². The smallest absolute Gasteiger partial charge is 0.157 e. The highest BCUT2D eigenvalue weighted by molar-refractivity contribution is 6.31. The van der Waals surface area contributed by atoms with E-state index < -0.39 is 5.41 Å². The van der Waals surface area contributed by atoms with E-state index in [1.165, 1.54) is 0 Å². The molecule has 0 heterocycles. The van der Waals surface area contributed by atoms with Crippen LogP contribution in [0.3, 0.4) is 0 Å². The molecular weight excluding hydrogens is 200 g/mol. The van der Waals surface area contributed by atoms with E-state index in [9.17, 15) is 9.59 Å². The molecule has 3 heteroatoms. The van der Waals surface area contributed by atoms with Crippen LogP contribution in [-0.2, 0) is 15.0 Å². The van der Waals surface area contributed by atoms with Gasteiger partial charge in [0.1, 0.15) is 5.41 Å². The summed E-state index contributed by atoms with van der Waals surface area (Å²) in [5.74, 6) is -0.0188. The summed E-state index contributed by atoms with van der Waals surface area (Å²) in [6.45, 7) is 1.67. The number of rotatable bonds is 1. The summed E-state index contributed by atoms with van der Waals surface area (Å²) in [5.41, 5.74) is -0.173. The second-order valence-corrected chi connectivity index (χ2v) is 4.09. The quantitative estimate of drug-likeness (QED) is 0.663. The summed E-state index contributed by atoms with van der Waals surface area (Å²) < 4.78 is 0. The topological polar surface area (TPSA) is 34.1 Å². The highest BCUT2D eigenvalue weighted by Crippen LogP contribution is 2.36. The summed E-state index contributed by atoms with van der Waals surface area (Å²) in [7, 11) is 0. The van der Waals surface area contributed by atoms with Crippen molar-refractivity contribution in [1.82, 2.24) is 0 Å². The third kappa shape index (κ3) is 1.11. The fraction of sp³-hybridized carbons (Fsp3) is 0.273. The average Bonchev–Trinajstić information content (AvgIpc) is 2.18. The summed E-state index contributed by atoms with van der Waals surface area (Å²) in [5, 5.41) is 0.608. The Bertz CT molecular complexity index is 392. The van der Waals surface area contributed by atoms with Crippen molar-refractivity contribution in [2.75, 3.05) is 0 Å². The molecule has 0 atom stereocenters. The van der Waals surface area contributed by atoms with Gasteiger partial charge in [0.05, 0.1) is 6.42 Å². The standard InChI is InChI=1S/C11H9ClO2/c1-11(9(13)6-10(11)14)7-2-4-8(12)5-3-7/h2-5H,6H2,1H3. The van der Waals surface area contributed by atoms with E-state index in [0.29, 0.717) is 5.02 Å². The summed E-state index contributed by atoms with van der Waals surface area (Å²) >= 11 is 5.73. The van der Waals surface area contributed by atoms with Gasteiger partial charge in [-0.25, -0.2) is 0 Å². The number of ketones is 2. The molecule has 72 valence electrons. The molecule has 0 amide bonds. The van der Waals surface area contributed by atoms with Crippen LogP contribution in [0.1, 0.15) is 18.9 Å². The fourth-order valence-corrected chi connectivity index (χ4v) is 1.78. The van der Waals surface area contributed by atoms with Gasteiger partial charge >= 0.3 is 0 Å². The van der Waals surface area contributed by atoms with Crippen LogP contribution in [0, 0.1) is 0 Å². The molecule has 0 radical (unpaired) electrons. The molecule has 0 aromatic heterocycles. The Balaban J connectivity index is 2.44. The minimum absolute atomic E-state index is 0.00942. The number of halogens is 1. The zero-order chi connectivity index (χ0) is 10.3. The van der Waals surface area contributed by atoms with Crippen molar-refractivity contribution in [1.29, 1.82) is 0 Å². The zero-order valence-corrected chi connectivity index (χ0v) is 8.47. The molecule has 0 saturated heterocycles. The second-order valence-electron chi connectivity index (χ2n) is 3.66. The maximum Gasteiger partial charge on any atom is 0.157 e. The Labute approximate surface area is 86.9 Å². The largest absolute Gasteiger partial charge is 0.298 e. The average molecular weight is 209 g/mol. The first kappa shape index (κ1) is 9.41. The SMILES string of the molecule is CC1(c2ccc(Cl)cc2)C(=O)CC1=O. The molecule has 0 aliphatic heterocycles. The second kappa shape index (κ2) is 2.92. The summed E-state index contributed by atoms with van der Waals surface area (Å²) in [6, 6.07) is 6.86. The van der Waals surface area contributed by atoms with Crippen molar-refractivity contribution < 1.29 is 9.59 Å². The number of hydrogen-bond donors (Lipinski definition) is 0. The van der Waals surface area contributed by atoms with Crippen molar-refractivity contribution in [2.45, 2.75) is 18.8 Å². The lowest BCUT2D eigenvalue weighted by Gasteiger charge is -2.34. The molecular formula is C11H9ClO2. The molecule has 1 fully saturated rings. The van der Waals surface area contributed by atoms with E-state index >= 15 is 0 Å². The van der Waals surface area contributed by atoms with Gasteiger partial charge < -0.3 is 0 Å². The number of Topliss-reactive ketones (excluding diaryl/α,β-unsaturated/α-hetero) is 2. The van der Waals surface area contributed by atoms with Gasteiger partial charge in [0.25, 0.3) is 0 Å². The lowest BCUT2D eigenvalue weighted by Crippen LogP contribution is -2.52. The van der Waals surface area contributed by atoms with Crippen LogP contribution in [0.25, 0.3) is 0 Å². The first-order chi connectivity index (χ1) is 6.55.